The number of hydrogen-bond donors (Lipinski definition) is 2. The van der Waals surface area contributed by atoms with Crippen LogP contribution in [0.3, 0.4) is 0 Å². The van der Waals surface area contributed by atoms with Crippen LogP contribution in [0.4, 0.5) is 5.69 Å². The maximum atomic E-state index is 11.9. The number of fused-ring (bicyclic) bond motifs is 1. The van der Waals surface area contributed by atoms with Crippen LogP contribution in [0.25, 0.3) is 10.1 Å². The summed E-state index contributed by atoms with van der Waals surface area (Å²) in [6, 6.07) is 7.65. The summed E-state index contributed by atoms with van der Waals surface area (Å²) in [6.07, 6.45) is 0. The maximum Gasteiger partial charge on any atom is 0.263 e. The van der Waals surface area contributed by atoms with Crippen LogP contribution in [0, 0.1) is 0 Å². The van der Waals surface area contributed by atoms with Crippen molar-refractivity contribution in [3.05, 3.63) is 40.8 Å². The van der Waals surface area contributed by atoms with E-state index < -0.39 is 0 Å². The molecule has 0 bridgehead atoms. The lowest BCUT2D eigenvalue weighted by atomic mass is 10.2. The number of anilines is 1. The summed E-state index contributed by atoms with van der Waals surface area (Å²) in [6.45, 7) is 3.75. The molecular weight excluding hydrogens is 256 g/mol. The normalized spacial score (nSPS) is 10.4. The molecule has 17 heavy (non-hydrogen) atoms. The van der Waals surface area contributed by atoms with Crippen molar-refractivity contribution in [3.63, 3.8) is 0 Å². The van der Waals surface area contributed by atoms with Crippen LogP contribution in [0.15, 0.2) is 35.9 Å². The molecule has 5 heteroatoms. The molecule has 3 nitrogen and oxygen atoms in total. The Morgan fingerprint density at radius 3 is 2.82 bits per heavy atom. The number of hydrogen-bond acceptors (Lipinski definition) is 3. The van der Waals surface area contributed by atoms with Gasteiger partial charge in [0.25, 0.3) is 5.91 Å². The fourth-order valence-electron chi connectivity index (χ4n) is 1.49. The van der Waals surface area contributed by atoms with Crippen LogP contribution in [0.5, 0.6) is 0 Å². The van der Waals surface area contributed by atoms with Crippen molar-refractivity contribution in [2.45, 2.75) is 0 Å². The van der Waals surface area contributed by atoms with E-state index in [2.05, 4.69) is 11.9 Å². The summed E-state index contributed by atoms with van der Waals surface area (Å²) in [7, 11) is 0. The van der Waals surface area contributed by atoms with Crippen molar-refractivity contribution in [1.29, 1.82) is 0 Å². The number of carbonyl (C=O) groups excluding carboxylic acids is 1. The number of thiophene rings is 1. The average Bonchev–Trinajstić information content (AvgIpc) is 2.64. The highest BCUT2D eigenvalue weighted by atomic mass is 35.5. The van der Waals surface area contributed by atoms with Crippen LogP contribution < -0.4 is 11.1 Å². The Labute approximate surface area is 108 Å². The SMILES string of the molecule is C=C(Cl)CNC(=O)c1sc2ccccc2c1N. The fraction of sp³-hybridized carbons (Fsp3) is 0.0833. The van der Waals surface area contributed by atoms with Gasteiger partial charge >= 0.3 is 0 Å². The van der Waals surface area contributed by atoms with E-state index in [0.29, 0.717) is 15.6 Å². The van der Waals surface area contributed by atoms with Crippen LogP contribution in [-0.2, 0) is 0 Å². The molecule has 0 aliphatic rings. The van der Waals surface area contributed by atoms with E-state index in [4.69, 9.17) is 17.3 Å². The molecule has 0 fully saturated rings. The summed E-state index contributed by atoms with van der Waals surface area (Å²) < 4.78 is 1.000. The van der Waals surface area contributed by atoms with Gasteiger partial charge in [-0.3, -0.25) is 4.79 Å². The van der Waals surface area contributed by atoms with Crippen LogP contribution in [0.1, 0.15) is 9.67 Å². The highest BCUT2D eigenvalue weighted by Crippen LogP contribution is 2.33. The summed E-state index contributed by atoms with van der Waals surface area (Å²) >= 11 is 6.96. The van der Waals surface area contributed by atoms with Crippen molar-refractivity contribution in [1.82, 2.24) is 5.32 Å². The third-order valence-electron chi connectivity index (χ3n) is 2.28. The second-order valence-corrected chi connectivity index (χ2v) is 5.13. The lowest BCUT2D eigenvalue weighted by Gasteiger charge is -2.02. The van der Waals surface area contributed by atoms with Gasteiger partial charge < -0.3 is 11.1 Å². The van der Waals surface area contributed by atoms with Crippen LogP contribution >= 0.6 is 22.9 Å². The molecule has 2 rings (SSSR count). The van der Waals surface area contributed by atoms with Crippen molar-refractivity contribution in [2.24, 2.45) is 0 Å². The van der Waals surface area contributed by atoms with E-state index in [0.717, 1.165) is 10.1 Å². The van der Waals surface area contributed by atoms with Crippen LogP contribution in [-0.4, -0.2) is 12.5 Å². The summed E-state index contributed by atoms with van der Waals surface area (Å²) in [5.74, 6) is -0.217. The predicted molar refractivity (Wildman–Crippen MR) is 73.6 cm³/mol. The molecule has 0 atom stereocenters. The monoisotopic (exact) mass is 266 g/mol. The van der Waals surface area contributed by atoms with Gasteiger partial charge in [-0.2, -0.15) is 0 Å². The molecule has 0 radical (unpaired) electrons. The number of nitrogens with one attached hydrogen (secondary N) is 1. The third kappa shape index (κ3) is 2.43. The zero-order chi connectivity index (χ0) is 12.4. The van der Waals surface area contributed by atoms with Gasteiger partial charge in [-0.15, -0.1) is 11.3 Å². The molecular formula is C12H11ClN2OS. The molecule has 1 aromatic heterocycles. The van der Waals surface area contributed by atoms with Crippen molar-refractivity contribution in [3.8, 4) is 0 Å². The Kier molecular flexibility index (Phi) is 3.36. The summed E-state index contributed by atoms with van der Waals surface area (Å²) in [5.41, 5.74) is 6.46. The molecule has 3 N–H and O–H groups in total. The number of nitrogen functional groups attached to an aromatic ring is 1. The van der Waals surface area contributed by atoms with E-state index >= 15 is 0 Å². The Bertz CT molecular complexity index is 591. The second kappa shape index (κ2) is 4.77. The molecule has 1 heterocycles. The van der Waals surface area contributed by atoms with Gasteiger partial charge in [0.2, 0.25) is 0 Å². The van der Waals surface area contributed by atoms with Crippen LogP contribution in [0.2, 0.25) is 0 Å². The first-order chi connectivity index (χ1) is 8.09. The van der Waals surface area contributed by atoms with Gasteiger partial charge in [-0.25, -0.2) is 0 Å². The molecule has 1 amide bonds. The zero-order valence-corrected chi connectivity index (χ0v) is 10.6. The van der Waals surface area contributed by atoms with E-state index in [1.54, 1.807) is 0 Å². The minimum absolute atomic E-state index is 0.217. The second-order valence-electron chi connectivity index (χ2n) is 3.54. The molecule has 0 aliphatic heterocycles. The Morgan fingerprint density at radius 1 is 1.47 bits per heavy atom. The number of halogens is 1. The van der Waals surface area contributed by atoms with Gasteiger partial charge in [0.15, 0.2) is 0 Å². The average molecular weight is 267 g/mol. The Hall–Kier alpha value is -1.52. The van der Waals surface area contributed by atoms with E-state index in [9.17, 15) is 4.79 Å². The van der Waals surface area contributed by atoms with Gasteiger partial charge in [0.05, 0.1) is 12.2 Å². The molecule has 0 saturated heterocycles. The molecule has 0 spiro atoms. The first-order valence-electron chi connectivity index (χ1n) is 4.98. The fourth-order valence-corrected chi connectivity index (χ4v) is 2.60. The standard InChI is InChI=1S/C12H11ClN2OS/c1-7(13)6-15-12(16)11-10(14)8-4-2-3-5-9(8)17-11/h2-5H,1,6,14H2,(H,15,16). The van der Waals surface area contributed by atoms with Gasteiger partial charge in [-0.1, -0.05) is 36.4 Å². The van der Waals surface area contributed by atoms with E-state index in [1.165, 1.54) is 11.3 Å². The first-order valence-corrected chi connectivity index (χ1v) is 6.17. The highest BCUT2D eigenvalue weighted by Gasteiger charge is 2.15. The summed E-state index contributed by atoms with van der Waals surface area (Å²) in [4.78, 5) is 12.4. The van der Waals surface area contributed by atoms with E-state index in [1.807, 2.05) is 24.3 Å². The Morgan fingerprint density at radius 2 is 2.18 bits per heavy atom. The molecule has 88 valence electrons. The number of rotatable bonds is 3. The number of nitrogens with two attached hydrogens (primary N) is 1. The minimum Gasteiger partial charge on any atom is -0.397 e. The van der Waals surface area contributed by atoms with E-state index in [-0.39, 0.29) is 12.5 Å². The Balaban J connectivity index is 2.32. The lowest BCUT2D eigenvalue weighted by Crippen LogP contribution is -2.24. The molecule has 1 aromatic carbocycles. The highest BCUT2D eigenvalue weighted by molar-refractivity contribution is 7.21. The van der Waals surface area contributed by atoms with Gasteiger partial charge in [0.1, 0.15) is 4.88 Å². The number of amides is 1. The quantitative estimate of drug-likeness (QED) is 0.897. The topological polar surface area (TPSA) is 55.1 Å². The lowest BCUT2D eigenvalue weighted by molar-refractivity contribution is 0.0962. The number of carbonyl (C=O) groups is 1. The molecule has 0 unspecified atom stereocenters. The molecule has 2 aromatic rings. The largest absolute Gasteiger partial charge is 0.397 e. The zero-order valence-electron chi connectivity index (χ0n) is 9.00. The molecule has 0 aliphatic carbocycles. The van der Waals surface area contributed by atoms with Crippen molar-refractivity contribution in [2.75, 3.05) is 12.3 Å². The molecule has 0 saturated carbocycles. The predicted octanol–water partition coefficient (Wildman–Crippen LogP) is 2.97. The maximum absolute atomic E-state index is 11.9. The third-order valence-corrected chi connectivity index (χ3v) is 3.60. The van der Waals surface area contributed by atoms with Gasteiger partial charge in [-0.05, 0) is 6.07 Å². The minimum atomic E-state index is -0.217. The summed E-state index contributed by atoms with van der Waals surface area (Å²) in [5, 5.41) is 3.96. The smallest absolute Gasteiger partial charge is 0.263 e. The van der Waals surface area contributed by atoms with Gasteiger partial charge in [0, 0.05) is 15.1 Å². The number of benzene rings is 1. The van der Waals surface area contributed by atoms with Crippen molar-refractivity contribution >= 4 is 44.6 Å². The van der Waals surface area contributed by atoms with Crippen molar-refractivity contribution < 1.29 is 4.79 Å². The first kappa shape index (κ1) is 12.0.